The van der Waals surface area contributed by atoms with E-state index in [1.54, 1.807) is 0 Å². The number of fused-ring (bicyclic) bond motifs is 1. The van der Waals surface area contributed by atoms with E-state index in [0.29, 0.717) is 0 Å². The number of nitrogens with one attached hydrogen (secondary N) is 2. The maximum atomic E-state index is 11.2. The van der Waals surface area contributed by atoms with E-state index < -0.39 is 0 Å². The highest BCUT2D eigenvalue weighted by Gasteiger charge is 2.37. The Bertz CT molecular complexity index is 361. The second kappa shape index (κ2) is 2.01. The van der Waals surface area contributed by atoms with E-state index >= 15 is 0 Å². The quantitative estimate of drug-likeness (QED) is 0.587. The fourth-order valence-electron chi connectivity index (χ4n) is 1.68. The summed E-state index contributed by atoms with van der Waals surface area (Å²) in [5.74, 6) is 0. The lowest BCUT2D eigenvalue weighted by molar-refractivity contribution is 0.172. The Hall–Kier alpha value is -1.03. The highest BCUT2D eigenvalue weighted by Crippen LogP contribution is 2.33. The predicted molar refractivity (Wildman–Crippen MR) is 45.9 cm³/mol. The predicted octanol–water partition coefficient (Wildman–Crippen LogP) is 0.384. The molecule has 0 bridgehead atoms. The van der Waals surface area contributed by atoms with Gasteiger partial charge in [0.05, 0.1) is 16.8 Å². The molecule has 0 amide bonds. The van der Waals surface area contributed by atoms with E-state index in [1.165, 1.54) is 0 Å². The van der Waals surface area contributed by atoms with Crippen LogP contribution in [-0.4, -0.2) is 22.1 Å². The molecule has 1 aliphatic heterocycles. The van der Waals surface area contributed by atoms with E-state index in [4.69, 9.17) is 0 Å². The van der Waals surface area contributed by atoms with Crippen molar-refractivity contribution in [2.24, 2.45) is 0 Å². The first-order valence-corrected chi connectivity index (χ1v) is 4.04. The van der Waals surface area contributed by atoms with E-state index in [2.05, 4.69) is 28.9 Å². The van der Waals surface area contributed by atoms with E-state index in [9.17, 15) is 4.79 Å². The molecule has 4 nitrogen and oxygen atoms in total. The number of nitrogens with zero attached hydrogens (tertiary/aromatic N) is 1. The molecule has 2 heterocycles. The molecule has 4 heteroatoms. The van der Waals surface area contributed by atoms with Gasteiger partial charge in [-0.2, -0.15) is 0 Å². The van der Waals surface area contributed by atoms with E-state index in [-0.39, 0.29) is 11.1 Å². The molecule has 1 aliphatic rings. The van der Waals surface area contributed by atoms with Gasteiger partial charge < -0.3 is 5.10 Å². The second-order valence-electron chi connectivity index (χ2n) is 3.85. The van der Waals surface area contributed by atoms with Crippen LogP contribution in [0.5, 0.6) is 0 Å². The first-order valence-electron chi connectivity index (χ1n) is 4.04. The van der Waals surface area contributed by atoms with Gasteiger partial charge in [0.1, 0.15) is 0 Å². The lowest BCUT2D eigenvalue weighted by Gasteiger charge is -2.27. The lowest BCUT2D eigenvalue weighted by atomic mass is 10.0. The molecule has 2 rings (SSSR count). The molecule has 1 aromatic rings. The van der Waals surface area contributed by atoms with Gasteiger partial charge in [-0.1, -0.05) is 0 Å². The third-order valence-electron chi connectivity index (χ3n) is 2.84. The number of hydrogen-bond acceptors (Lipinski definition) is 2. The third kappa shape index (κ3) is 0.728. The average molecular weight is 167 g/mol. The van der Waals surface area contributed by atoms with Crippen molar-refractivity contribution in [3.63, 3.8) is 0 Å². The van der Waals surface area contributed by atoms with Crippen LogP contribution in [0.2, 0.25) is 0 Å². The minimum atomic E-state index is -0.0471. The van der Waals surface area contributed by atoms with Gasteiger partial charge in [0.2, 0.25) is 0 Å². The highest BCUT2D eigenvalue weighted by molar-refractivity contribution is 5.28. The summed E-state index contributed by atoms with van der Waals surface area (Å²) in [6, 6.07) is 0. The van der Waals surface area contributed by atoms with Crippen LogP contribution in [0, 0.1) is 0 Å². The molecular weight excluding hydrogens is 154 g/mol. The molecule has 0 radical (unpaired) electrons. The van der Waals surface area contributed by atoms with Crippen LogP contribution in [-0.2, 0) is 12.1 Å². The number of aromatic amines is 2. The third-order valence-corrected chi connectivity index (χ3v) is 2.84. The summed E-state index contributed by atoms with van der Waals surface area (Å²) in [6.07, 6.45) is 0. The molecule has 0 aliphatic carbocycles. The fourth-order valence-corrected chi connectivity index (χ4v) is 1.68. The normalized spacial score (nSPS) is 21.2. The molecular formula is C8H13N3O. The van der Waals surface area contributed by atoms with Crippen molar-refractivity contribution < 1.29 is 0 Å². The zero-order valence-corrected chi connectivity index (χ0v) is 7.56. The summed E-state index contributed by atoms with van der Waals surface area (Å²) in [5.41, 5.74) is 1.87. The molecule has 0 aromatic carbocycles. The van der Waals surface area contributed by atoms with Crippen molar-refractivity contribution >= 4 is 0 Å². The molecule has 1 aromatic heterocycles. The number of rotatable bonds is 0. The number of hydrogen-bond donors (Lipinski definition) is 2. The maximum absolute atomic E-state index is 11.2. The van der Waals surface area contributed by atoms with E-state index in [0.717, 1.165) is 17.8 Å². The lowest BCUT2D eigenvalue weighted by Crippen LogP contribution is -2.32. The van der Waals surface area contributed by atoms with Gasteiger partial charge in [-0.3, -0.25) is 14.8 Å². The van der Waals surface area contributed by atoms with Gasteiger partial charge in [0.15, 0.2) is 0 Å². The molecule has 66 valence electrons. The van der Waals surface area contributed by atoms with Crippen LogP contribution in [0.1, 0.15) is 25.1 Å². The van der Waals surface area contributed by atoms with Crippen LogP contribution in [0.3, 0.4) is 0 Å². The van der Waals surface area contributed by atoms with Crippen molar-refractivity contribution in [3.05, 3.63) is 21.6 Å². The fraction of sp³-hybridized carbons (Fsp3) is 0.625. The van der Waals surface area contributed by atoms with Crippen LogP contribution < -0.4 is 5.56 Å². The highest BCUT2D eigenvalue weighted by atomic mass is 16.1. The van der Waals surface area contributed by atoms with Gasteiger partial charge in [0, 0.05) is 6.54 Å². The van der Waals surface area contributed by atoms with Crippen LogP contribution in [0.4, 0.5) is 0 Å². The van der Waals surface area contributed by atoms with E-state index in [1.807, 2.05) is 7.05 Å². The molecule has 0 saturated carbocycles. The summed E-state index contributed by atoms with van der Waals surface area (Å²) >= 11 is 0. The molecule has 2 N–H and O–H groups in total. The zero-order chi connectivity index (χ0) is 8.93. The van der Waals surface area contributed by atoms with Crippen LogP contribution >= 0.6 is 0 Å². The Morgan fingerprint density at radius 2 is 2.08 bits per heavy atom. The summed E-state index contributed by atoms with van der Waals surface area (Å²) in [5, 5.41) is 5.54. The smallest absolute Gasteiger partial charge is 0.268 e. The Labute approximate surface area is 70.6 Å². The van der Waals surface area contributed by atoms with Gasteiger partial charge >= 0.3 is 0 Å². The van der Waals surface area contributed by atoms with Crippen LogP contribution in [0.25, 0.3) is 0 Å². The van der Waals surface area contributed by atoms with Crippen LogP contribution in [0.15, 0.2) is 4.79 Å². The number of H-pyrrole nitrogens is 2. The summed E-state index contributed by atoms with van der Waals surface area (Å²) in [6.45, 7) is 4.94. The number of aromatic nitrogens is 2. The summed E-state index contributed by atoms with van der Waals surface area (Å²) in [4.78, 5) is 13.4. The summed E-state index contributed by atoms with van der Waals surface area (Å²) < 4.78 is 0. The van der Waals surface area contributed by atoms with Gasteiger partial charge in [-0.25, -0.2) is 0 Å². The van der Waals surface area contributed by atoms with Crippen molar-refractivity contribution in [1.29, 1.82) is 0 Å². The van der Waals surface area contributed by atoms with Gasteiger partial charge in [0.25, 0.3) is 5.56 Å². The van der Waals surface area contributed by atoms with Crippen molar-refractivity contribution in [3.8, 4) is 0 Å². The minimum absolute atomic E-state index is 0.0161. The molecule has 0 fully saturated rings. The Kier molecular flexibility index (Phi) is 1.28. The Balaban J connectivity index is 2.63. The molecule has 0 atom stereocenters. The summed E-state index contributed by atoms with van der Waals surface area (Å²) in [7, 11) is 2.02. The standard InChI is InChI=1S/C8H13N3O/c1-8(2)6-5(4-11(8)3)7(12)10-9-6/h4H2,1-3H3,(H2,9,10,12). The monoisotopic (exact) mass is 167 g/mol. The molecule has 0 spiro atoms. The molecule has 0 unspecified atom stereocenters. The Morgan fingerprint density at radius 3 is 2.67 bits per heavy atom. The molecule has 0 saturated heterocycles. The zero-order valence-electron chi connectivity index (χ0n) is 7.56. The maximum Gasteiger partial charge on any atom is 0.268 e. The average Bonchev–Trinajstić information content (AvgIpc) is 2.41. The van der Waals surface area contributed by atoms with Gasteiger partial charge in [-0.05, 0) is 20.9 Å². The SMILES string of the molecule is CN1Cc2c([nH][nH]c2=O)C1(C)C. The second-order valence-corrected chi connectivity index (χ2v) is 3.85. The largest absolute Gasteiger partial charge is 0.300 e. The first kappa shape index (κ1) is 7.61. The first-order chi connectivity index (χ1) is 5.53. The van der Waals surface area contributed by atoms with Crippen molar-refractivity contribution in [2.45, 2.75) is 25.9 Å². The van der Waals surface area contributed by atoms with Crippen molar-refractivity contribution in [1.82, 2.24) is 15.1 Å². The Morgan fingerprint density at radius 1 is 1.42 bits per heavy atom. The molecule has 12 heavy (non-hydrogen) atoms. The topological polar surface area (TPSA) is 51.9 Å². The minimum Gasteiger partial charge on any atom is -0.300 e. The van der Waals surface area contributed by atoms with Gasteiger partial charge in [-0.15, -0.1) is 0 Å². The van der Waals surface area contributed by atoms with Crippen molar-refractivity contribution in [2.75, 3.05) is 7.05 Å².